The summed E-state index contributed by atoms with van der Waals surface area (Å²) >= 11 is 6.14. The number of rotatable bonds is 6. The van der Waals surface area contributed by atoms with Gasteiger partial charge in [0.25, 0.3) is 0 Å². The van der Waals surface area contributed by atoms with E-state index in [0.29, 0.717) is 23.7 Å². The fourth-order valence-corrected chi connectivity index (χ4v) is 3.90. The Morgan fingerprint density at radius 1 is 1.26 bits per heavy atom. The molecule has 2 aromatic heterocycles. The molecule has 9 heteroatoms. The summed E-state index contributed by atoms with van der Waals surface area (Å²) in [5.74, 6) is 0. The SMILES string of the molecule is Cc1nn(C)cc1S(=O)(=O)NCCC(C)n1nc(C)c(Cl)c1C. The number of halogens is 1. The van der Waals surface area contributed by atoms with Crippen molar-refractivity contribution in [2.45, 2.75) is 45.1 Å². The second-order valence-electron chi connectivity index (χ2n) is 5.72. The van der Waals surface area contributed by atoms with Crippen LogP contribution >= 0.6 is 11.6 Å². The summed E-state index contributed by atoms with van der Waals surface area (Å²) in [7, 11) is -1.86. The second-order valence-corrected chi connectivity index (χ2v) is 7.83. The van der Waals surface area contributed by atoms with Gasteiger partial charge in [-0.3, -0.25) is 9.36 Å². The first-order chi connectivity index (χ1) is 10.6. The molecule has 2 heterocycles. The number of aryl methyl sites for hydroxylation is 3. The third-order valence-corrected chi connectivity index (χ3v) is 5.88. The largest absolute Gasteiger partial charge is 0.274 e. The van der Waals surface area contributed by atoms with Gasteiger partial charge >= 0.3 is 0 Å². The van der Waals surface area contributed by atoms with Crippen LogP contribution in [0.2, 0.25) is 5.02 Å². The second kappa shape index (κ2) is 6.62. The maximum absolute atomic E-state index is 12.3. The zero-order valence-corrected chi connectivity index (χ0v) is 15.5. The molecule has 0 saturated heterocycles. The number of nitrogens with zero attached hydrogens (tertiary/aromatic N) is 4. The predicted molar refractivity (Wildman–Crippen MR) is 89.2 cm³/mol. The summed E-state index contributed by atoms with van der Waals surface area (Å²) in [5, 5.41) is 9.11. The molecule has 1 unspecified atom stereocenters. The molecule has 128 valence electrons. The van der Waals surface area contributed by atoms with Crippen molar-refractivity contribution in [2.24, 2.45) is 7.05 Å². The van der Waals surface area contributed by atoms with Crippen molar-refractivity contribution in [3.05, 3.63) is 28.3 Å². The Bertz CT molecular complexity index is 809. The molecule has 0 amide bonds. The van der Waals surface area contributed by atoms with E-state index in [1.54, 1.807) is 14.0 Å². The minimum absolute atomic E-state index is 0.0406. The number of hydrogen-bond acceptors (Lipinski definition) is 4. The van der Waals surface area contributed by atoms with Gasteiger partial charge in [-0.2, -0.15) is 10.2 Å². The van der Waals surface area contributed by atoms with E-state index in [-0.39, 0.29) is 10.9 Å². The minimum atomic E-state index is -3.55. The van der Waals surface area contributed by atoms with Gasteiger partial charge in [0, 0.05) is 19.8 Å². The highest BCUT2D eigenvalue weighted by molar-refractivity contribution is 7.89. The van der Waals surface area contributed by atoms with Crippen LogP contribution in [0.4, 0.5) is 0 Å². The van der Waals surface area contributed by atoms with Crippen LogP contribution in [0.1, 0.15) is 36.5 Å². The lowest BCUT2D eigenvalue weighted by atomic mass is 10.2. The summed E-state index contributed by atoms with van der Waals surface area (Å²) < 4.78 is 30.5. The van der Waals surface area contributed by atoms with Crippen LogP contribution < -0.4 is 4.72 Å². The molecule has 0 aliphatic carbocycles. The molecule has 1 N–H and O–H groups in total. The fourth-order valence-electron chi connectivity index (χ4n) is 2.52. The maximum Gasteiger partial charge on any atom is 0.243 e. The zero-order valence-electron chi connectivity index (χ0n) is 14.0. The van der Waals surface area contributed by atoms with Gasteiger partial charge in [-0.25, -0.2) is 13.1 Å². The molecule has 0 radical (unpaired) electrons. The van der Waals surface area contributed by atoms with Gasteiger partial charge in [-0.05, 0) is 34.1 Å². The standard InChI is InChI=1S/C14H22ClN5O2S/c1-9(20-12(4)14(15)11(3)18-20)6-7-16-23(21,22)13-8-19(5)17-10(13)2/h8-9,16H,6-7H2,1-5H3. The van der Waals surface area contributed by atoms with Crippen LogP contribution in [-0.4, -0.2) is 34.5 Å². The molecule has 23 heavy (non-hydrogen) atoms. The summed E-state index contributed by atoms with van der Waals surface area (Å²) in [6.45, 7) is 7.73. The lowest BCUT2D eigenvalue weighted by Gasteiger charge is -2.14. The summed E-state index contributed by atoms with van der Waals surface area (Å²) in [4.78, 5) is 0.210. The molecule has 0 aromatic carbocycles. The topological polar surface area (TPSA) is 81.8 Å². The first kappa shape index (κ1) is 18.0. The van der Waals surface area contributed by atoms with Gasteiger partial charge in [0.2, 0.25) is 10.0 Å². The molecular weight excluding hydrogens is 338 g/mol. The number of nitrogens with one attached hydrogen (secondary N) is 1. The third-order valence-electron chi connectivity index (χ3n) is 3.77. The Hall–Kier alpha value is -1.38. The van der Waals surface area contributed by atoms with Crippen molar-refractivity contribution in [3.8, 4) is 0 Å². The van der Waals surface area contributed by atoms with Crippen LogP contribution in [-0.2, 0) is 17.1 Å². The normalized spacial score (nSPS) is 13.5. The van der Waals surface area contributed by atoms with E-state index in [2.05, 4.69) is 14.9 Å². The molecule has 0 spiro atoms. The van der Waals surface area contributed by atoms with Crippen molar-refractivity contribution in [1.82, 2.24) is 24.3 Å². The molecule has 7 nitrogen and oxygen atoms in total. The highest BCUT2D eigenvalue weighted by Gasteiger charge is 2.20. The van der Waals surface area contributed by atoms with Crippen LogP contribution in [0.5, 0.6) is 0 Å². The lowest BCUT2D eigenvalue weighted by molar-refractivity contribution is 0.446. The van der Waals surface area contributed by atoms with Crippen LogP contribution in [0.3, 0.4) is 0 Å². The smallest absolute Gasteiger partial charge is 0.243 e. The van der Waals surface area contributed by atoms with Crippen molar-refractivity contribution >= 4 is 21.6 Å². The molecule has 0 fully saturated rings. The monoisotopic (exact) mass is 359 g/mol. The Morgan fingerprint density at radius 3 is 2.39 bits per heavy atom. The van der Waals surface area contributed by atoms with Gasteiger partial charge in [-0.1, -0.05) is 11.6 Å². The van der Waals surface area contributed by atoms with E-state index >= 15 is 0 Å². The van der Waals surface area contributed by atoms with Crippen LogP contribution in [0.25, 0.3) is 0 Å². The molecule has 0 aliphatic heterocycles. The van der Waals surface area contributed by atoms with Crippen LogP contribution in [0.15, 0.2) is 11.1 Å². The number of hydrogen-bond donors (Lipinski definition) is 1. The van der Waals surface area contributed by atoms with Gasteiger partial charge < -0.3 is 0 Å². The molecule has 0 saturated carbocycles. The van der Waals surface area contributed by atoms with E-state index in [1.165, 1.54) is 10.9 Å². The zero-order chi connectivity index (χ0) is 17.4. The molecule has 2 aromatic rings. The molecule has 0 aliphatic rings. The Labute approximate surface area is 141 Å². The molecule has 1 atom stereocenters. The van der Waals surface area contributed by atoms with Gasteiger partial charge in [0.05, 0.1) is 28.1 Å². The van der Waals surface area contributed by atoms with Crippen molar-refractivity contribution in [2.75, 3.05) is 6.54 Å². The molecular formula is C14H22ClN5O2S. The van der Waals surface area contributed by atoms with Crippen molar-refractivity contribution in [1.29, 1.82) is 0 Å². The van der Waals surface area contributed by atoms with Crippen molar-refractivity contribution in [3.63, 3.8) is 0 Å². The Balaban J connectivity index is 2.01. The fraction of sp³-hybridized carbons (Fsp3) is 0.571. The van der Waals surface area contributed by atoms with E-state index < -0.39 is 10.0 Å². The van der Waals surface area contributed by atoms with E-state index in [0.717, 1.165) is 11.4 Å². The first-order valence-electron chi connectivity index (χ1n) is 7.34. The summed E-state index contributed by atoms with van der Waals surface area (Å²) in [6.07, 6.45) is 2.11. The highest BCUT2D eigenvalue weighted by Crippen LogP contribution is 2.23. The average Bonchev–Trinajstić information content (AvgIpc) is 2.93. The van der Waals surface area contributed by atoms with Crippen LogP contribution in [0, 0.1) is 20.8 Å². The predicted octanol–water partition coefficient (Wildman–Crippen LogP) is 2.12. The van der Waals surface area contributed by atoms with Gasteiger partial charge in [0.15, 0.2) is 0 Å². The van der Waals surface area contributed by atoms with E-state index in [4.69, 9.17) is 11.6 Å². The summed E-state index contributed by atoms with van der Waals surface area (Å²) in [6, 6.07) is 0.0406. The Morgan fingerprint density at radius 2 is 1.91 bits per heavy atom. The minimum Gasteiger partial charge on any atom is -0.274 e. The third kappa shape index (κ3) is 3.76. The van der Waals surface area contributed by atoms with E-state index in [9.17, 15) is 8.42 Å². The lowest BCUT2D eigenvalue weighted by Crippen LogP contribution is -2.27. The average molecular weight is 360 g/mol. The molecule has 0 bridgehead atoms. The van der Waals surface area contributed by atoms with E-state index in [1.807, 2.05) is 25.5 Å². The summed E-state index contributed by atoms with van der Waals surface area (Å²) in [5.41, 5.74) is 2.16. The number of aromatic nitrogens is 4. The highest BCUT2D eigenvalue weighted by atomic mass is 35.5. The molecule has 2 rings (SSSR count). The Kier molecular flexibility index (Phi) is 5.17. The van der Waals surface area contributed by atoms with Gasteiger partial charge in [-0.15, -0.1) is 0 Å². The van der Waals surface area contributed by atoms with Crippen molar-refractivity contribution < 1.29 is 8.42 Å². The maximum atomic E-state index is 12.3. The number of sulfonamides is 1. The van der Waals surface area contributed by atoms with Gasteiger partial charge in [0.1, 0.15) is 4.90 Å². The quantitative estimate of drug-likeness (QED) is 0.856. The first-order valence-corrected chi connectivity index (χ1v) is 9.20.